The Hall–Kier alpha value is -1.03. The van der Waals surface area contributed by atoms with Gasteiger partial charge in [-0.05, 0) is 37.1 Å². The number of nitro groups is 1. The average Bonchev–Trinajstić information content (AvgIpc) is 2.07. The van der Waals surface area contributed by atoms with Crippen molar-refractivity contribution in [1.29, 1.82) is 0 Å². The summed E-state index contributed by atoms with van der Waals surface area (Å²) in [7, 11) is 0. The number of benzene rings is 1. The standard InChI is InChI=1S/C9H11NO2S/c1-7-3-4-9(5-8(7)2)13-6-10(11)12/h3-5H,6H2,1-2H3. The van der Waals surface area contributed by atoms with Crippen LogP contribution in [0.15, 0.2) is 23.1 Å². The first kappa shape index (κ1) is 10.1. The van der Waals surface area contributed by atoms with Crippen molar-refractivity contribution in [2.75, 3.05) is 5.88 Å². The van der Waals surface area contributed by atoms with Crippen molar-refractivity contribution in [3.8, 4) is 0 Å². The van der Waals surface area contributed by atoms with Gasteiger partial charge in [-0.2, -0.15) is 0 Å². The zero-order chi connectivity index (χ0) is 9.84. The highest BCUT2D eigenvalue weighted by Gasteiger charge is 2.01. The molecule has 70 valence electrons. The van der Waals surface area contributed by atoms with Crippen molar-refractivity contribution < 1.29 is 4.92 Å². The largest absolute Gasteiger partial charge is 0.264 e. The molecule has 3 nitrogen and oxygen atoms in total. The fourth-order valence-corrected chi connectivity index (χ4v) is 1.61. The topological polar surface area (TPSA) is 43.1 Å². The molecular weight excluding hydrogens is 186 g/mol. The number of hydrogen-bond acceptors (Lipinski definition) is 3. The summed E-state index contributed by atoms with van der Waals surface area (Å²) in [5.74, 6) is -0.0670. The zero-order valence-corrected chi connectivity index (χ0v) is 8.43. The van der Waals surface area contributed by atoms with Crippen LogP contribution >= 0.6 is 11.8 Å². The van der Waals surface area contributed by atoms with Crippen molar-refractivity contribution in [2.24, 2.45) is 0 Å². The Morgan fingerprint density at radius 1 is 1.38 bits per heavy atom. The lowest BCUT2D eigenvalue weighted by atomic mass is 10.1. The number of hydrogen-bond donors (Lipinski definition) is 0. The Morgan fingerprint density at radius 3 is 2.62 bits per heavy atom. The molecule has 0 bridgehead atoms. The van der Waals surface area contributed by atoms with E-state index in [0.717, 1.165) is 4.90 Å². The van der Waals surface area contributed by atoms with Crippen LogP contribution in [0.1, 0.15) is 11.1 Å². The molecular formula is C9H11NO2S. The highest BCUT2D eigenvalue weighted by Crippen LogP contribution is 2.20. The van der Waals surface area contributed by atoms with E-state index < -0.39 is 0 Å². The first-order valence-corrected chi connectivity index (χ1v) is 4.90. The van der Waals surface area contributed by atoms with Crippen molar-refractivity contribution in [3.05, 3.63) is 39.4 Å². The second kappa shape index (κ2) is 4.28. The summed E-state index contributed by atoms with van der Waals surface area (Å²) in [4.78, 5) is 10.7. The molecule has 0 amide bonds. The van der Waals surface area contributed by atoms with Gasteiger partial charge in [0.25, 0.3) is 5.88 Å². The van der Waals surface area contributed by atoms with Crippen LogP contribution in [0.25, 0.3) is 0 Å². The maximum Gasteiger partial charge on any atom is 0.253 e. The zero-order valence-electron chi connectivity index (χ0n) is 7.61. The smallest absolute Gasteiger partial charge is 0.253 e. The van der Waals surface area contributed by atoms with Crippen LogP contribution in [0, 0.1) is 24.0 Å². The lowest BCUT2D eigenvalue weighted by Gasteiger charge is -2.01. The number of rotatable bonds is 3. The van der Waals surface area contributed by atoms with E-state index in [1.807, 2.05) is 32.0 Å². The van der Waals surface area contributed by atoms with Gasteiger partial charge >= 0.3 is 0 Å². The molecule has 0 atom stereocenters. The predicted octanol–water partition coefficient (Wildman–Crippen LogP) is 2.63. The number of nitrogens with zero attached hydrogens (tertiary/aromatic N) is 1. The van der Waals surface area contributed by atoms with E-state index in [0.29, 0.717) is 0 Å². The quantitative estimate of drug-likeness (QED) is 0.324. The summed E-state index contributed by atoms with van der Waals surface area (Å²) < 4.78 is 0. The van der Waals surface area contributed by atoms with Gasteiger partial charge in [-0.3, -0.25) is 10.1 Å². The first-order chi connectivity index (χ1) is 6.09. The molecule has 0 saturated heterocycles. The highest BCUT2D eigenvalue weighted by molar-refractivity contribution is 7.99. The summed E-state index contributed by atoms with van der Waals surface area (Å²) in [5, 5.41) is 10.1. The van der Waals surface area contributed by atoms with E-state index in [-0.39, 0.29) is 10.8 Å². The van der Waals surface area contributed by atoms with Crippen molar-refractivity contribution in [2.45, 2.75) is 18.7 Å². The van der Waals surface area contributed by atoms with Crippen LogP contribution in [0.5, 0.6) is 0 Å². The van der Waals surface area contributed by atoms with Crippen LogP contribution in [-0.4, -0.2) is 10.8 Å². The summed E-state index contributed by atoms with van der Waals surface area (Å²) in [6.45, 7) is 4.03. The van der Waals surface area contributed by atoms with Crippen molar-refractivity contribution >= 4 is 11.8 Å². The molecule has 0 aliphatic rings. The van der Waals surface area contributed by atoms with Crippen LogP contribution in [0.4, 0.5) is 0 Å². The van der Waals surface area contributed by atoms with Gasteiger partial charge in [-0.25, -0.2) is 0 Å². The molecule has 0 aromatic heterocycles. The Kier molecular flexibility index (Phi) is 3.31. The minimum absolute atomic E-state index is 0.0670. The van der Waals surface area contributed by atoms with E-state index in [1.54, 1.807) is 0 Å². The van der Waals surface area contributed by atoms with Crippen molar-refractivity contribution in [3.63, 3.8) is 0 Å². The summed E-state index contributed by atoms with van der Waals surface area (Å²) in [5.41, 5.74) is 2.39. The molecule has 1 rings (SSSR count). The van der Waals surface area contributed by atoms with E-state index >= 15 is 0 Å². The lowest BCUT2D eigenvalue weighted by Crippen LogP contribution is -1.95. The fraction of sp³-hybridized carbons (Fsp3) is 0.333. The van der Waals surface area contributed by atoms with E-state index in [4.69, 9.17) is 0 Å². The van der Waals surface area contributed by atoms with Gasteiger partial charge in [0.05, 0.1) is 0 Å². The van der Waals surface area contributed by atoms with Crippen LogP contribution in [0.2, 0.25) is 0 Å². The molecule has 4 heteroatoms. The number of thioether (sulfide) groups is 1. The third kappa shape index (κ3) is 3.06. The van der Waals surface area contributed by atoms with Gasteiger partial charge in [-0.15, -0.1) is 0 Å². The molecule has 0 unspecified atom stereocenters. The third-order valence-corrected chi connectivity index (χ3v) is 2.74. The molecule has 13 heavy (non-hydrogen) atoms. The van der Waals surface area contributed by atoms with Gasteiger partial charge in [0.15, 0.2) is 0 Å². The molecule has 1 aromatic carbocycles. The average molecular weight is 197 g/mol. The number of aryl methyl sites for hydroxylation is 2. The molecule has 0 spiro atoms. The van der Waals surface area contributed by atoms with E-state index in [2.05, 4.69) is 0 Å². The second-order valence-electron chi connectivity index (χ2n) is 2.85. The molecule has 1 aromatic rings. The van der Waals surface area contributed by atoms with Crippen molar-refractivity contribution in [1.82, 2.24) is 0 Å². The summed E-state index contributed by atoms with van der Waals surface area (Å²) >= 11 is 1.25. The van der Waals surface area contributed by atoms with Crippen LogP contribution < -0.4 is 0 Å². The van der Waals surface area contributed by atoms with Gasteiger partial charge in [0, 0.05) is 9.82 Å². The van der Waals surface area contributed by atoms with E-state index in [9.17, 15) is 10.1 Å². The molecule has 0 radical (unpaired) electrons. The normalized spacial score (nSPS) is 10.0. The minimum Gasteiger partial charge on any atom is -0.264 e. The fourth-order valence-electron chi connectivity index (χ4n) is 0.931. The SMILES string of the molecule is Cc1ccc(SC[N+](=O)[O-])cc1C. The maximum absolute atomic E-state index is 10.1. The Balaban J connectivity index is 2.68. The summed E-state index contributed by atoms with van der Waals surface area (Å²) in [6, 6.07) is 5.87. The van der Waals surface area contributed by atoms with Gasteiger partial charge < -0.3 is 0 Å². The first-order valence-electron chi connectivity index (χ1n) is 3.91. The van der Waals surface area contributed by atoms with Gasteiger partial charge in [-0.1, -0.05) is 17.8 Å². The lowest BCUT2D eigenvalue weighted by molar-refractivity contribution is -0.456. The maximum atomic E-state index is 10.1. The Bertz CT molecular complexity index is 325. The van der Waals surface area contributed by atoms with Crippen LogP contribution in [0.3, 0.4) is 0 Å². The highest BCUT2D eigenvalue weighted by atomic mass is 32.2. The molecule has 0 saturated carbocycles. The predicted molar refractivity (Wildman–Crippen MR) is 53.6 cm³/mol. The van der Waals surface area contributed by atoms with Gasteiger partial charge in [0.1, 0.15) is 0 Å². The molecule has 0 aliphatic carbocycles. The molecule has 0 heterocycles. The molecule has 0 N–H and O–H groups in total. The monoisotopic (exact) mass is 197 g/mol. The van der Waals surface area contributed by atoms with Crippen LogP contribution in [-0.2, 0) is 0 Å². The molecule has 0 aliphatic heterocycles. The minimum atomic E-state index is -0.320. The van der Waals surface area contributed by atoms with Gasteiger partial charge in [0.2, 0.25) is 0 Å². The Labute approximate surface area is 81.3 Å². The Morgan fingerprint density at radius 2 is 2.08 bits per heavy atom. The third-order valence-electron chi connectivity index (χ3n) is 1.81. The molecule has 0 fully saturated rings. The summed E-state index contributed by atoms with van der Waals surface area (Å²) in [6.07, 6.45) is 0. The van der Waals surface area contributed by atoms with E-state index in [1.165, 1.54) is 22.9 Å². The second-order valence-corrected chi connectivity index (χ2v) is 3.87.